The Kier molecular flexibility index (Phi) is 1.31. The first kappa shape index (κ1) is 6.89. The number of cyclic esters (lactones) is 1. The molecule has 1 aliphatic carbocycles. The molecule has 1 heterocycles. The van der Waals surface area contributed by atoms with Gasteiger partial charge >= 0.3 is 5.97 Å². The molecule has 2 heteroatoms. The lowest BCUT2D eigenvalue weighted by Gasteiger charge is -2.19. The van der Waals surface area contributed by atoms with E-state index >= 15 is 0 Å². The Morgan fingerprint density at radius 3 is 2.55 bits per heavy atom. The van der Waals surface area contributed by atoms with Crippen molar-refractivity contribution in [2.24, 2.45) is 5.41 Å². The summed E-state index contributed by atoms with van der Waals surface area (Å²) in [6.45, 7) is 2.00. The van der Waals surface area contributed by atoms with Crippen molar-refractivity contribution in [1.82, 2.24) is 0 Å². The summed E-state index contributed by atoms with van der Waals surface area (Å²) in [4.78, 5) is 11.3. The molecule has 0 aromatic rings. The molecule has 2 aliphatic rings. The molecule has 0 aromatic heterocycles. The second-order valence-electron chi connectivity index (χ2n) is 3.50. The summed E-state index contributed by atoms with van der Waals surface area (Å²) in [6.07, 6.45) is 5.94. The first-order valence-electron chi connectivity index (χ1n) is 4.14. The Morgan fingerprint density at radius 2 is 2.09 bits per heavy atom. The molecule has 2 rings (SSSR count). The minimum atomic E-state index is -0.194. The van der Waals surface area contributed by atoms with Crippen LogP contribution in [0.15, 0.2) is 11.8 Å². The van der Waals surface area contributed by atoms with Gasteiger partial charge in [0.25, 0.3) is 0 Å². The van der Waals surface area contributed by atoms with Crippen LogP contribution in [-0.2, 0) is 9.53 Å². The van der Waals surface area contributed by atoms with Gasteiger partial charge in [-0.05, 0) is 25.3 Å². The van der Waals surface area contributed by atoms with E-state index in [4.69, 9.17) is 4.74 Å². The fraction of sp³-hybridized carbons (Fsp3) is 0.667. The molecular weight excluding hydrogens is 140 g/mol. The molecule has 2 nitrogen and oxygen atoms in total. The lowest BCUT2D eigenvalue weighted by molar-refractivity contribution is -0.144. The van der Waals surface area contributed by atoms with E-state index in [1.165, 1.54) is 12.8 Å². The van der Waals surface area contributed by atoms with Crippen molar-refractivity contribution in [3.8, 4) is 0 Å². The van der Waals surface area contributed by atoms with Crippen molar-refractivity contribution in [3.05, 3.63) is 11.8 Å². The van der Waals surface area contributed by atoms with Crippen molar-refractivity contribution < 1.29 is 9.53 Å². The van der Waals surface area contributed by atoms with Crippen LogP contribution < -0.4 is 0 Å². The van der Waals surface area contributed by atoms with Crippen LogP contribution in [0.25, 0.3) is 0 Å². The maximum atomic E-state index is 11.3. The minimum absolute atomic E-state index is 0.0208. The maximum Gasteiger partial charge on any atom is 0.321 e. The maximum absolute atomic E-state index is 11.3. The molecular formula is C9H12O2. The molecule has 11 heavy (non-hydrogen) atoms. The SMILES string of the molecule is CC1=COC(=O)C12CCCC2. The quantitative estimate of drug-likeness (QED) is 0.496. The number of hydrogen-bond donors (Lipinski definition) is 0. The van der Waals surface area contributed by atoms with Crippen LogP contribution in [0.4, 0.5) is 0 Å². The minimum Gasteiger partial charge on any atom is -0.434 e. The van der Waals surface area contributed by atoms with Gasteiger partial charge in [0, 0.05) is 0 Å². The highest BCUT2D eigenvalue weighted by Crippen LogP contribution is 2.47. The van der Waals surface area contributed by atoms with E-state index in [-0.39, 0.29) is 11.4 Å². The van der Waals surface area contributed by atoms with Gasteiger partial charge in [-0.1, -0.05) is 12.8 Å². The lowest BCUT2D eigenvalue weighted by Crippen LogP contribution is -2.24. The Hall–Kier alpha value is -0.790. The lowest BCUT2D eigenvalue weighted by atomic mass is 9.81. The second-order valence-corrected chi connectivity index (χ2v) is 3.50. The molecule has 0 atom stereocenters. The summed E-state index contributed by atoms with van der Waals surface area (Å²) in [7, 11) is 0. The molecule has 0 bridgehead atoms. The third-order valence-corrected chi connectivity index (χ3v) is 2.95. The van der Waals surface area contributed by atoms with Crippen LogP contribution in [0.2, 0.25) is 0 Å². The Balaban J connectivity index is 2.34. The van der Waals surface area contributed by atoms with Gasteiger partial charge in [0.1, 0.15) is 0 Å². The van der Waals surface area contributed by atoms with E-state index in [1.54, 1.807) is 6.26 Å². The summed E-state index contributed by atoms with van der Waals surface area (Å²) in [6, 6.07) is 0. The second kappa shape index (κ2) is 2.10. The van der Waals surface area contributed by atoms with Crippen LogP contribution in [0.1, 0.15) is 32.6 Å². The molecule has 60 valence electrons. The third-order valence-electron chi connectivity index (χ3n) is 2.95. The summed E-state index contributed by atoms with van der Waals surface area (Å²) < 4.78 is 4.90. The third kappa shape index (κ3) is 0.753. The van der Waals surface area contributed by atoms with Gasteiger partial charge in [0.05, 0.1) is 11.7 Å². The Morgan fingerprint density at radius 1 is 1.45 bits per heavy atom. The number of carbonyl (C=O) groups is 1. The van der Waals surface area contributed by atoms with Crippen molar-refractivity contribution in [1.29, 1.82) is 0 Å². The standard InChI is InChI=1S/C9H12O2/c1-7-6-11-8(10)9(7)4-2-3-5-9/h6H,2-5H2,1H3. The Labute approximate surface area is 66.2 Å². The molecule has 0 unspecified atom stereocenters. The van der Waals surface area contributed by atoms with Crippen molar-refractivity contribution in [2.75, 3.05) is 0 Å². The van der Waals surface area contributed by atoms with Gasteiger partial charge in [-0.2, -0.15) is 0 Å². The van der Waals surface area contributed by atoms with E-state index in [1.807, 2.05) is 6.92 Å². The molecule has 0 amide bonds. The molecule has 0 radical (unpaired) electrons. The van der Waals surface area contributed by atoms with Gasteiger partial charge in [0.15, 0.2) is 0 Å². The molecule has 1 spiro atoms. The molecule has 1 fully saturated rings. The fourth-order valence-corrected chi connectivity index (χ4v) is 2.11. The largest absolute Gasteiger partial charge is 0.434 e. The topological polar surface area (TPSA) is 26.3 Å². The van der Waals surface area contributed by atoms with Gasteiger partial charge in [-0.15, -0.1) is 0 Å². The predicted octanol–water partition coefficient (Wildman–Crippen LogP) is 2.01. The summed E-state index contributed by atoms with van der Waals surface area (Å²) in [5.74, 6) is -0.0208. The smallest absolute Gasteiger partial charge is 0.321 e. The van der Waals surface area contributed by atoms with Gasteiger partial charge in [-0.25, -0.2) is 0 Å². The number of rotatable bonds is 0. The van der Waals surface area contributed by atoms with Crippen molar-refractivity contribution in [3.63, 3.8) is 0 Å². The number of hydrogen-bond acceptors (Lipinski definition) is 2. The summed E-state index contributed by atoms with van der Waals surface area (Å²) >= 11 is 0. The highest BCUT2D eigenvalue weighted by Gasteiger charge is 2.47. The average Bonchev–Trinajstić information content (AvgIpc) is 2.56. The first-order chi connectivity index (χ1) is 5.26. The molecule has 0 saturated heterocycles. The molecule has 0 N–H and O–H groups in total. The van der Waals surface area contributed by atoms with E-state index in [0.29, 0.717) is 0 Å². The number of esters is 1. The van der Waals surface area contributed by atoms with Crippen LogP contribution in [-0.4, -0.2) is 5.97 Å². The summed E-state index contributed by atoms with van der Waals surface area (Å²) in [5, 5.41) is 0. The highest BCUT2D eigenvalue weighted by molar-refractivity contribution is 5.83. The Bertz CT molecular complexity index is 222. The molecule has 1 saturated carbocycles. The zero-order chi connectivity index (χ0) is 7.90. The monoisotopic (exact) mass is 152 g/mol. The summed E-state index contributed by atoms with van der Waals surface area (Å²) in [5.41, 5.74) is 0.931. The van der Waals surface area contributed by atoms with Gasteiger partial charge < -0.3 is 4.74 Å². The van der Waals surface area contributed by atoms with Gasteiger partial charge in [-0.3, -0.25) is 4.79 Å². The van der Waals surface area contributed by atoms with E-state index < -0.39 is 0 Å². The molecule has 1 aliphatic heterocycles. The zero-order valence-electron chi connectivity index (χ0n) is 6.72. The van der Waals surface area contributed by atoms with Crippen molar-refractivity contribution >= 4 is 5.97 Å². The highest BCUT2D eigenvalue weighted by atomic mass is 16.5. The fourth-order valence-electron chi connectivity index (χ4n) is 2.11. The van der Waals surface area contributed by atoms with Crippen LogP contribution in [0, 0.1) is 5.41 Å². The molecule has 0 aromatic carbocycles. The van der Waals surface area contributed by atoms with Gasteiger partial charge in [0.2, 0.25) is 0 Å². The predicted molar refractivity (Wildman–Crippen MR) is 40.8 cm³/mol. The number of ether oxygens (including phenoxy) is 1. The van der Waals surface area contributed by atoms with Crippen LogP contribution in [0.5, 0.6) is 0 Å². The van der Waals surface area contributed by atoms with E-state index in [2.05, 4.69) is 0 Å². The average molecular weight is 152 g/mol. The zero-order valence-corrected chi connectivity index (χ0v) is 6.72. The van der Waals surface area contributed by atoms with Crippen molar-refractivity contribution in [2.45, 2.75) is 32.6 Å². The normalized spacial score (nSPS) is 27.4. The van der Waals surface area contributed by atoms with E-state index in [0.717, 1.165) is 18.4 Å². The van der Waals surface area contributed by atoms with E-state index in [9.17, 15) is 4.79 Å². The number of carbonyl (C=O) groups excluding carboxylic acids is 1. The van der Waals surface area contributed by atoms with Crippen LogP contribution in [0.3, 0.4) is 0 Å². The van der Waals surface area contributed by atoms with Crippen LogP contribution >= 0.6 is 0 Å². The first-order valence-corrected chi connectivity index (χ1v) is 4.14.